The van der Waals surface area contributed by atoms with Crippen molar-refractivity contribution in [3.63, 3.8) is 0 Å². The molecule has 1 aromatic rings. The van der Waals surface area contributed by atoms with Gasteiger partial charge in [-0.05, 0) is 12.1 Å². The number of halogens is 1. The second-order valence-electron chi connectivity index (χ2n) is 2.70. The lowest BCUT2D eigenvalue weighted by atomic mass is 10.1. The number of rotatable bonds is 3. The second-order valence-corrected chi connectivity index (χ2v) is 3.11. The summed E-state index contributed by atoms with van der Waals surface area (Å²) < 4.78 is 0. The van der Waals surface area contributed by atoms with E-state index < -0.39 is 0 Å². The lowest BCUT2D eigenvalue weighted by Crippen LogP contribution is -2.24. The van der Waals surface area contributed by atoms with Crippen molar-refractivity contribution in [3.05, 3.63) is 41.4 Å². The average Bonchev–Trinajstić information content (AvgIpc) is 2.14. The van der Waals surface area contributed by atoms with Crippen LogP contribution in [0, 0.1) is 0 Å². The highest BCUT2D eigenvalue weighted by Crippen LogP contribution is 2.21. The summed E-state index contributed by atoms with van der Waals surface area (Å²) in [6.45, 7) is 3.88. The Morgan fingerprint density at radius 2 is 2.36 bits per heavy atom. The molecule has 0 aliphatic heterocycles. The fourth-order valence-corrected chi connectivity index (χ4v) is 1.30. The van der Waals surface area contributed by atoms with E-state index in [1.54, 1.807) is 24.3 Å². The molecule has 0 fully saturated rings. The van der Waals surface area contributed by atoms with Gasteiger partial charge in [-0.3, -0.25) is 4.79 Å². The highest BCUT2D eigenvalue weighted by molar-refractivity contribution is 6.34. The van der Waals surface area contributed by atoms with E-state index in [0.717, 1.165) is 0 Å². The summed E-state index contributed by atoms with van der Waals surface area (Å²) in [4.78, 5) is 11.5. The third-order valence-corrected chi connectivity index (χ3v) is 1.99. The Kier molecular flexibility index (Phi) is 3.54. The maximum atomic E-state index is 11.5. The normalized spacial score (nSPS) is 9.50. The van der Waals surface area contributed by atoms with Crippen LogP contribution in [0.25, 0.3) is 0 Å². The predicted molar refractivity (Wildman–Crippen MR) is 58.4 cm³/mol. The SMILES string of the molecule is C=CCNC(=O)c1c(N)cccc1Cl. The molecule has 0 bridgehead atoms. The van der Waals surface area contributed by atoms with Crippen molar-refractivity contribution in [1.82, 2.24) is 5.32 Å². The minimum atomic E-state index is -0.284. The van der Waals surface area contributed by atoms with E-state index in [-0.39, 0.29) is 5.91 Å². The van der Waals surface area contributed by atoms with Crippen LogP contribution in [0.3, 0.4) is 0 Å². The monoisotopic (exact) mass is 210 g/mol. The number of nitrogen functional groups attached to an aromatic ring is 1. The minimum Gasteiger partial charge on any atom is -0.398 e. The van der Waals surface area contributed by atoms with Gasteiger partial charge in [0.05, 0.1) is 10.6 Å². The number of nitrogens with two attached hydrogens (primary N) is 1. The molecule has 4 heteroatoms. The highest BCUT2D eigenvalue weighted by Gasteiger charge is 2.12. The highest BCUT2D eigenvalue weighted by atomic mass is 35.5. The lowest BCUT2D eigenvalue weighted by Gasteiger charge is -2.07. The van der Waals surface area contributed by atoms with Gasteiger partial charge < -0.3 is 11.1 Å². The Morgan fingerprint density at radius 3 is 2.93 bits per heavy atom. The van der Waals surface area contributed by atoms with Gasteiger partial charge in [0.1, 0.15) is 0 Å². The van der Waals surface area contributed by atoms with Crippen LogP contribution in [0.15, 0.2) is 30.9 Å². The number of benzene rings is 1. The van der Waals surface area contributed by atoms with Gasteiger partial charge in [-0.15, -0.1) is 6.58 Å². The number of carbonyl (C=O) groups is 1. The zero-order valence-electron chi connectivity index (χ0n) is 7.59. The van der Waals surface area contributed by atoms with E-state index >= 15 is 0 Å². The van der Waals surface area contributed by atoms with E-state index in [4.69, 9.17) is 17.3 Å². The topological polar surface area (TPSA) is 55.1 Å². The molecule has 74 valence electrons. The summed E-state index contributed by atoms with van der Waals surface area (Å²) in [5.74, 6) is -0.284. The number of hydrogen-bond donors (Lipinski definition) is 2. The summed E-state index contributed by atoms with van der Waals surface area (Å²) in [5, 5.41) is 2.96. The van der Waals surface area contributed by atoms with E-state index in [9.17, 15) is 4.79 Å². The number of anilines is 1. The number of carbonyl (C=O) groups excluding carboxylic acids is 1. The van der Waals surface area contributed by atoms with Crippen molar-refractivity contribution in [2.75, 3.05) is 12.3 Å². The van der Waals surface area contributed by atoms with Crippen molar-refractivity contribution in [2.24, 2.45) is 0 Å². The molecule has 14 heavy (non-hydrogen) atoms. The van der Waals surface area contributed by atoms with E-state index in [0.29, 0.717) is 22.8 Å². The van der Waals surface area contributed by atoms with Crippen LogP contribution in [0.1, 0.15) is 10.4 Å². The molecule has 0 aliphatic carbocycles. The zero-order valence-corrected chi connectivity index (χ0v) is 8.34. The molecule has 0 spiro atoms. The third-order valence-electron chi connectivity index (χ3n) is 1.68. The zero-order chi connectivity index (χ0) is 10.6. The van der Waals surface area contributed by atoms with Crippen LogP contribution < -0.4 is 11.1 Å². The molecule has 3 N–H and O–H groups in total. The average molecular weight is 211 g/mol. The third kappa shape index (κ3) is 2.26. The van der Waals surface area contributed by atoms with Crippen molar-refractivity contribution in [3.8, 4) is 0 Å². The Hall–Kier alpha value is -1.48. The van der Waals surface area contributed by atoms with E-state index in [1.807, 2.05) is 0 Å². The maximum absolute atomic E-state index is 11.5. The van der Waals surface area contributed by atoms with Gasteiger partial charge in [-0.2, -0.15) is 0 Å². The van der Waals surface area contributed by atoms with Gasteiger partial charge in [-0.25, -0.2) is 0 Å². The van der Waals surface area contributed by atoms with Crippen molar-refractivity contribution < 1.29 is 4.79 Å². The number of nitrogens with one attached hydrogen (secondary N) is 1. The molecule has 3 nitrogen and oxygen atoms in total. The van der Waals surface area contributed by atoms with Crippen LogP contribution in [0.4, 0.5) is 5.69 Å². The molecule has 0 saturated heterocycles. The Balaban J connectivity index is 2.94. The van der Waals surface area contributed by atoms with Gasteiger partial charge in [0.15, 0.2) is 0 Å². The summed E-state index contributed by atoms with van der Waals surface area (Å²) in [5.41, 5.74) is 6.31. The molecular formula is C10H11ClN2O. The van der Waals surface area contributed by atoms with Gasteiger partial charge in [0, 0.05) is 12.2 Å². The first kappa shape index (κ1) is 10.6. The van der Waals surface area contributed by atoms with Crippen molar-refractivity contribution in [2.45, 2.75) is 0 Å². The first-order valence-electron chi connectivity index (χ1n) is 4.10. The first-order chi connectivity index (χ1) is 6.66. The van der Waals surface area contributed by atoms with E-state index in [2.05, 4.69) is 11.9 Å². The van der Waals surface area contributed by atoms with Crippen LogP contribution >= 0.6 is 11.6 Å². The van der Waals surface area contributed by atoms with Gasteiger partial charge in [0.2, 0.25) is 0 Å². The molecule has 1 amide bonds. The van der Waals surface area contributed by atoms with Crippen molar-refractivity contribution >= 4 is 23.2 Å². The second kappa shape index (κ2) is 4.67. The number of hydrogen-bond acceptors (Lipinski definition) is 2. The molecule has 1 rings (SSSR count). The van der Waals surface area contributed by atoms with Crippen LogP contribution in [0.5, 0.6) is 0 Å². The summed E-state index contributed by atoms with van der Waals surface area (Å²) >= 11 is 5.84. The fraction of sp³-hybridized carbons (Fsp3) is 0.100. The quantitative estimate of drug-likeness (QED) is 0.591. The first-order valence-corrected chi connectivity index (χ1v) is 4.47. The lowest BCUT2D eigenvalue weighted by molar-refractivity contribution is 0.0959. The molecular weight excluding hydrogens is 200 g/mol. The minimum absolute atomic E-state index is 0.284. The number of amides is 1. The maximum Gasteiger partial charge on any atom is 0.255 e. The van der Waals surface area contributed by atoms with E-state index in [1.165, 1.54) is 0 Å². The van der Waals surface area contributed by atoms with Crippen LogP contribution in [-0.2, 0) is 0 Å². The standard InChI is InChI=1S/C10H11ClN2O/c1-2-6-13-10(14)9-7(11)4-3-5-8(9)12/h2-5H,1,6,12H2,(H,13,14). The van der Waals surface area contributed by atoms with Crippen LogP contribution in [0.2, 0.25) is 5.02 Å². The molecule has 0 heterocycles. The molecule has 1 aromatic carbocycles. The van der Waals surface area contributed by atoms with Crippen LogP contribution in [-0.4, -0.2) is 12.5 Å². The van der Waals surface area contributed by atoms with Crippen molar-refractivity contribution in [1.29, 1.82) is 0 Å². The van der Waals surface area contributed by atoms with Gasteiger partial charge in [-0.1, -0.05) is 23.7 Å². The molecule has 0 atom stereocenters. The molecule has 0 radical (unpaired) electrons. The largest absolute Gasteiger partial charge is 0.398 e. The summed E-state index contributed by atoms with van der Waals surface area (Å²) in [6.07, 6.45) is 1.59. The predicted octanol–water partition coefficient (Wildman–Crippen LogP) is 1.84. The van der Waals surface area contributed by atoms with Gasteiger partial charge >= 0.3 is 0 Å². The summed E-state index contributed by atoms with van der Waals surface area (Å²) in [6, 6.07) is 4.96. The van der Waals surface area contributed by atoms with Gasteiger partial charge in [0.25, 0.3) is 5.91 Å². The molecule has 0 unspecified atom stereocenters. The molecule has 0 aliphatic rings. The Bertz CT molecular complexity index is 343. The summed E-state index contributed by atoms with van der Waals surface area (Å²) in [7, 11) is 0. The Morgan fingerprint density at radius 1 is 1.64 bits per heavy atom. The Labute approximate surface area is 87.6 Å². The fourth-order valence-electron chi connectivity index (χ4n) is 1.03. The molecule has 0 aromatic heterocycles. The molecule has 0 saturated carbocycles. The smallest absolute Gasteiger partial charge is 0.255 e.